The Kier molecular flexibility index (Phi) is 4.53. The summed E-state index contributed by atoms with van der Waals surface area (Å²) in [6.07, 6.45) is 2.12. The molecule has 1 aromatic heterocycles. The Hall–Kier alpha value is -0.910. The fourth-order valence-electron chi connectivity index (χ4n) is 1.81. The first-order valence-electron chi connectivity index (χ1n) is 5.73. The van der Waals surface area contributed by atoms with Crippen LogP contribution in [-0.4, -0.2) is 30.9 Å². The van der Waals surface area contributed by atoms with E-state index in [1.165, 1.54) is 11.3 Å². The molecule has 0 atom stereocenters. The first-order valence-corrected chi connectivity index (χ1v) is 6.55. The Morgan fingerprint density at radius 3 is 2.88 bits per heavy atom. The maximum absolute atomic E-state index is 10.7. The molecule has 1 fully saturated rings. The van der Waals surface area contributed by atoms with Gasteiger partial charge >= 0.3 is 5.97 Å². The van der Waals surface area contributed by atoms with Gasteiger partial charge in [-0.05, 0) is 30.9 Å². The van der Waals surface area contributed by atoms with Crippen LogP contribution >= 0.6 is 11.3 Å². The van der Waals surface area contributed by atoms with Gasteiger partial charge in [0.2, 0.25) is 0 Å². The number of carbonyl (C=O) groups is 1. The molecule has 1 saturated heterocycles. The van der Waals surface area contributed by atoms with E-state index in [1.807, 2.05) is 6.07 Å². The third-order valence-corrected chi connectivity index (χ3v) is 3.86. The molecular formula is C12H16O4S. The van der Waals surface area contributed by atoms with Crippen molar-refractivity contribution in [2.45, 2.75) is 19.4 Å². The van der Waals surface area contributed by atoms with Crippen molar-refractivity contribution in [3.05, 3.63) is 21.9 Å². The highest BCUT2D eigenvalue weighted by Gasteiger charge is 2.14. The van der Waals surface area contributed by atoms with Crippen LogP contribution in [0.3, 0.4) is 0 Å². The van der Waals surface area contributed by atoms with E-state index in [9.17, 15) is 4.79 Å². The number of carboxylic acids is 1. The Morgan fingerprint density at radius 1 is 1.47 bits per heavy atom. The zero-order valence-corrected chi connectivity index (χ0v) is 10.4. The normalized spacial score (nSPS) is 17.2. The minimum atomic E-state index is -0.870. The standard InChI is InChI=1S/C12H16O4S/c13-12(14)11-2-1-10(17-11)8-16-7-9-3-5-15-6-4-9/h1-2,9H,3-8H2,(H,13,14). The SMILES string of the molecule is O=C(O)c1ccc(COCC2CCOCC2)s1. The predicted octanol–water partition coefficient (Wildman–Crippen LogP) is 2.39. The lowest BCUT2D eigenvalue weighted by Crippen LogP contribution is -2.19. The summed E-state index contributed by atoms with van der Waals surface area (Å²) in [4.78, 5) is 12.0. The van der Waals surface area contributed by atoms with Crippen molar-refractivity contribution in [2.75, 3.05) is 19.8 Å². The van der Waals surface area contributed by atoms with E-state index in [-0.39, 0.29) is 0 Å². The zero-order chi connectivity index (χ0) is 12.1. The van der Waals surface area contributed by atoms with Gasteiger partial charge < -0.3 is 14.6 Å². The molecule has 1 aliphatic heterocycles. The van der Waals surface area contributed by atoms with Crippen molar-refractivity contribution in [1.29, 1.82) is 0 Å². The molecule has 0 amide bonds. The number of hydrogen-bond donors (Lipinski definition) is 1. The van der Waals surface area contributed by atoms with Gasteiger partial charge in [0, 0.05) is 18.1 Å². The smallest absolute Gasteiger partial charge is 0.345 e. The first-order chi connectivity index (χ1) is 8.25. The van der Waals surface area contributed by atoms with Crippen LogP contribution in [0.4, 0.5) is 0 Å². The average Bonchev–Trinajstić information content (AvgIpc) is 2.79. The van der Waals surface area contributed by atoms with Crippen LogP contribution in [0.25, 0.3) is 0 Å². The second-order valence-electron chi connectivity index (χ2n) is 4.14. The maximum Gasteiger partial charge on any atom is 0.345 e. The van der Waals surface area contributed by atoms with Gasteiger partial charge in [0.15, 0.2) is 0 Å². The largest absolute Gasteiger partial charge is 0.477 e. The van der Waals surface area contributed by atoms with Crippen LogP contribution in [0.15, 0.2) is 12.1 Å². The highest BCUT2D eigenvalue weighted by molar-refractivity contribution is 7.13. The zero-order valence-electron chi connectivity index (χ0n) is 9.55. The van der Waals surface area contributed by atoms with E-state index >= 15 is 0 Å². The molecule has 0 bridgehead atoms. The molecule has 0 radical (unpaired) electrons. The molecule has 1 aromatic rings. The minimum absolute atomic E-state index is 0.370. The van der Waals surface area contributed by atoms with E-state index in [4.69, 9.17) is 14.6 Å². The molecule has 5 heteroatoms. The van der Waals surface area contributed by atoms with Gasteiger partial charge in [-0.2, -0.15) is 0 Å². The Labute approximate surface area is 104 Å². The average molecular weight is 256 g/mol. The first kappa shape index (κ1) is 12.5. The van der Waals surface area contributed by atoms with E-state index in [0.29, 0.717) is 17.4 Å². The van der Waals surface area contributed by atoms with Crippen molar-refractivity contribution in [3.63, 3.8) is 0 Å². The number of thiophene rings is 1. The Balaban J connectivity index is 1.71. The highest BCUT2D eigenvalue weighted by Crippen LogP contribution is 2.19. The van der Waals surface area contributed by atoms with Crippen molar-refractivity contribution in [2.24, 2.45) is 5.92 Å². The summed E-state index contributed by atoms with van der Waals surface area (Å²) >= 11 is 1.28. The summed E-state index contributed by atoms with van der Waals surface area (Å²) in [5.41, 5.74) is 0. The lowest BCUT2D eigenvalue weighted by atomic mass is 10.0. The van der Waals surface area contributed by atoms with Gasteiger partial charge in [0.05, 0.1) is 13.2 Å². The van der Waals surface area contributed by atoms with Crippen LogP contribution in [0.1, 0.15) is 27.4 Å². The minimum Gasteiger partial charge on any atom is -0.477 e. The second kappa shape index (κ2) is 6.14. The lowest BCUT2D eigenvalue weighted by molar-refractivity contribution is 0.0163. The summed E-state index contributed by atoms with van der Waals surface area (Å²) in [5, 5.41) is 8.78. The molecule has 2 rings (SSSR count). The number of aromatic carboxylic acids is 1. The van der Waals surface area contributed by atoms with Gasteiger partial charge in [-0.15, -0.1) is 11.3 Å². The van der Waals surface area contributed by atoms with E-state index in [2.05, 4.69) is 0 Å². The van der Waals surface area contributed by atoms with Crippen LogP contribution in [0.2, 0.25) is 0 Å². The Bertz CT molecular complexity index is 368. The van der Waals surface area contributed by atoms with Crippen molar-refractivity contribution < 1.29 is 19.4 Å². The molecule has 2 heterocycles. The van der Waals surface area contributed by atoms with Crippen LogP contribution < -0.4 is 0 Å². The van der Waals surface area contributed by atoms with Gasteiger partial charge in [0.25, 0.3) is 0 Å². The molecular weight excluding hydrogens is 240 g/mol. The van der Waals surface area contributed by atoms with E-state index in [0.717, 1.165) is 37.5 Å². The molecule has 0 spiro atoms. The van der Waals surface area contributed by atoms with Gasteiger partial charge in [-0.25, -0.2) is 4.79 Å². The molecule has 1 aliphatic rings. The second-order valence-corrected chi connectivity index (χ2v) is 5.31. The maximum atomic E-state index is 10.7. The highest BCUT2D eigenvalue weighted by atomic mass is 32.1. The summed E-state index contributed by atoms with van der Waals surface area (Å²) < 4.78 is 10.9. The molecule has 94 valence electrons. The summed E-state index contributed by atoms with van der Waals surface area (Å²) in [7, 11) is 0. The number of ether oxygens (including phenoxy) is 2. The molecule has 0 unspecified atom stereocenters. The van der Waals surface area contributed by atoms with Gasteiger partial charge in [-0.1, -0.05) is 0 Å². The summed E-state index contributed by atoms with van der Waals surface area (Å²) in [5.74, 6) is -0.284. The molecule has 0 saturated carbocycles. The van der Waals surface area contributed by atoms with Gasteiger partial charge in [0.1, 0.15) is 4.88 Å². The third kappa shape index (κ3) is 3.80. The van der Waals surface area contributed by atoms with E-state index in [1.54, 1.807) is 6.07 Å². The van der Waals surface area contributed by atoms with Crippen molar-refractivity contribution in [3.8, 4) is 0 Å². The quantitative estimate of drug-likeness (QED) is 0.878. The monoisotopic (exact) mass is 256 g/mol. The number of carboxylic acid groups (broad SMARTS) is 1. The molecule has 17 heavy (non-hydrogen) atoms. The lowest BCUT2D eigenvalue weighted by Gasteiger charge is -2.21. The molecule has 0 aliphatic carbocycles. The fraction of sp³-hybridized carbons (Fsp3) is 0.583. The predicted molar refractivity (Wildman–Crippen MR) is 64.5 cm³/mol. The number of rotatable bonds is 5. The van der Waals surface area contributed by atoms with Gasteiger partial charge in [-0.3, -0.25) is 0 Å². The van der Waals surface area contributed by atoms with Crippen LogP contribution in [0.5, 0.6) is 0 Å². The molecule has 0 aromatic carbocycles. The summed E-state index contributed by atoms with van der Waals surface area (Å²) in [6, 6.07) is 3.44. The van der Waals surface area contributed by atoms with Crippen molar-refractivity contribution in [1.82, 2.24) is 0 Å². The topological polar surface area (TPSA) is 55.8 Å². The third-order valence-electron chi connectivity index (χ3n) is 2.81. The molecule has 4 nitrogen and oxygen atoms in total. The summed E-state index contributed by atoms with van der Waals surface area (Å²) in [6.45, 7) is 2.91. The van der Waals surface area contributed by atoms with Crippen LogP contribution in [-0.2, 0) is 16.1 Å². The Morgan fingerprint density at radius 2 is 2.24 bits per heavy atom. The number of hydrogen-bond acceptors (Lipinski definition) is 4. The fourth-order valence-corrected chi connectivity index (χ4v) is 2.59. The molecule has 1 N–H and O–H groups in total. The van der Waals surface area contributed by atoms with Crippen molar-refractivity contribution >= 4 is 17.3 Å². The van der Waals surface area contributed by atoms with Crippen LogP contribution in [0, 0.1) is 5.92 Å². The van der Waals surface area contributed by atoms with E-state index < -0.39 is 5.97 Å².